The number of aromatic hydroxyl groups is 1. The fourth-order valence-corrected chi connectivity index (χ4v) is 3.07. The third kappa shape index (κ3) is 3.38. The van der Waals surface area contributed by atoms with Gasteiger partial charge in [-0.3, -0.25) is 9.79 Å². The summed E-state index contributed by atoms with van der Waals surface area (Å²) in [6.45, 7) is 3.89. The van der Waals surface area contributed by atoms with Crippen molar-refractivity contribution in [3.05, 3.63) is 76.9 Å². The van der Waals surface area contributed by atoms with E-state index in [2.05, 4.69) is 0 Å². The zero-order valence-electron chi connectivity index (χ0n) is 14.3. The lowest BCUT2D eigenvalue weighted by atomic mass is 9.90. The van der Waals surface area contributed by atoms with Gasteiger partial charge in [0.15, 0.2) is 5.78 Å². The molecule has 0 aliphatic carbocycles. The van der Waals surface area contributed by atoms with E-state index in [-0.39, 0.29) is 11.5 Å². The molecule has 25 heavy (non-hydrogen) atoms. The van der Waals surface area contributed by atoms with Gasteiger partial charge in [0.05, 0.1) is 12.3 Å². The molecular weight excluding hydrogens is 312 g/mol. The van der Waals surface area contributed by atoms with E-state index in [1.807, 2.05) is 43.3 Å². The maximum atomic E-state index is 11.6. The molecule has 2 aromatic rings. The van der Waals surface area contributed by atoms with E-state index in [1.54, 1.807) is 18.2 Å². The zero-order chi connectivity index (χ0) is 18.0. The smallest absolute Gasteiger partial charge is 0.152 e. The summed E-state index contributed by atoms with van der Waals surface area (Å²) in [4.78, 5) is 16.4. The van der Waals surface area contributed by atoms with Crippen molar-refractivity contribution in [2.24, 2.45) is 4.99 Å². The number of phenolic OH excluding ortho intramolecular Hbond substituents is 1. The Bertz CT molecular complexity index is 919. The number of phenols is 1. The minimum atomic E-state index is -0.0110. The minimum Gasteiger partial charge on any atom is -0.508 e. The molecule has 3 N–H and O–H groups in total. The van der Waals surface area contributed by atoms with E-state index in [0.29, 0.717) is 12.2 Å². The first-order chi connectivity index (χ1) is 12.0. The van der Waals surface area contributed by atoms with Gasteiger partial charge in [-0.15, -0.1) is 0 Å². The number of carbonyl (C=O) groups is 1. The summed E-state index contributed by atoms with van der Waals surface area (Å²) in [7, 11) is 0. The van der Waals surface area contributed by atoms with Crippen LogP contribution in [0.1, 0.15) is 30.5 Å². The van der Waals surface area contributed by atoms with E-state index < -0.39 is 0 Å². The molecule has 4 heteroatoms. The molecule has 0 amide bonds. The summed E-state index contributed by atoms with van der Waals surface area (Å²) in [6, 6.07) is 12.7. The van der Waals surface area contributed by atoms with Gasteiger partial charge in [-0.2, -0.15) is 0 Å². The highest BCUT2D eigenvalue weighted by molar-refractivity contribution is 6.17. The lowest BCUT2D eigenvalue weighted by Crippen LogP contribution is -2.06. The largest absolute Gasteiger partial charge is 0.508 e. The second-order valence-electron chi connectivity index (χ2n) is 6.00. The van der Waals surface area contributed by atoms with E-state index in [1.165, 1.54) is 6.92 Å². The van der Waals surface area contributed by atoms with Crippen molar-refractivity contribution >= 4 is 22.8 Å². The van der Waals surface area contributed by atoms with Crippen LogP contribution in [0, 0.1) is 0 Å². The van der Waals surface area contributed by atoms with Crippen LogP contribution in [0.4, 0.5) is 5.69 Å². The SMILES string of the molecule is C/C=C1\C(=C/C(C)=O)CN=C(c2ccc(O)cc2)c2ccc(N)cc21. The molecule has 0 unspecified atom stereocenters. The predicted molar refractivity (Wildman–Crippen MR) is 102 cm³/mol. The lowest BCUT2D eigenvalue weighted by Gasteiger charge is -2.13. The normalized spacial score (nSPS) is 17.1. The summed E-state index contributed by atoms with van der Waals surface area (Å²) >= 11 is 0. The summed E-state index contributed by atoms with van der Waals surface area (Å²) in [5.41, 5.74) is 12.2. The minimum absolute atomic E-state index is 0.0110. The number of ketones is 1. The molecule has 0 saturated heterocycles. The van der Waals surface area contributed by atoms with E-state index in [9.17, 15) is 9.90 Å². The Labute approximate surface area is 147 Å². The van der Waals surface area contributed by atoms with E-state index >= 15 is 0 Å². The molecule has 0 atom stereocenters. The van der Waals surface area contributed by atoms with Crippen LogP contribution in [-0.4, -0.2) is 23.1 Å². The van der Waals surface area contributed by atoms with Crippen molar-refractivity contribution < 1.29 is 9.90 Å². The molecule has 0 saturated carbocycles. The number of rotatable bonds is 2. The second kappa shape index (κ2) is 6.77. The maximum Gasteiger partial charge on any atom is 0.152 e. The van der Waals surface area contributed by atoms with Crippen LogP contribution in [0.25, 0.3) is 5.57 Å². The van der Waals surface area contributed by atoms with Crippen LogP contribution in [0.15, 0.2) is 65.2 Å². The summed E-state index contributed by atoms with van der Waals surface area (Å²) in [5.74, 6) is 0.199. The van der Waals surface area contributed by atoms with Gasteiger partial charge in [0.2, 0.25) is 0 Å². The first kappa shape index (κ1) is 16.7. The highest BCUT2D eigenvalue weighted by atomic mass is 16.3. The summed E-state index contributed by atoms with van der Waals surface area (Å²) in [5, 5.41) is 9.55. The van der Waals surface area contributed by atoms with Gasteiger partial charge in [0.1, 0.15) is 5.75 Å². The van der Waals surface area contributed by atoms with Gasteiger partial charge in [-0.25, -0.2) is 0 Å². The number of hydrogen-bond acceptors (Lipinski definition) is 4. The maximum absolute atomic E-state index is 11.6. The van der Waals surface area contributed by atoms with Gasteiger partial charge in [0.25, 0.3) is 0 Å². The van der Waals surface area contributed by atoms with Crippen molar-refractivity contribution in [3.8, 4) is 5.75 Å². The van der Waals surface area contributed by atoms with Gasteiger partial charge in [-0.05, 0) is 73.0 Å². The molecule has 1 heterocycles. The van der Waals surface area contributed by atoms with Crippen LogP contribution in [0.2, 0.25) is 0 Å². The first-order valence-corrected chi connectivity index (χ1v) is 8.11. The molecule has 2 aromatic carbocycles. The fourth-order valence-electron chi connectivity index (χ4n) is 3.07. The summed E-state index contributed by atoms with van der Waals surface area (Å²) < 4.78 is 0. The Morgan fingerprint density at radius 1 is 1.16 bits per heavy atom. The number of aliphatic imine (C=N–C) groups is 1. The molecule has 0 aromatic heterocycles. The number of carbonyl (C=O) groups excluding carboxylic acids is 1. The summed E-state index contributed by atoms with van der Waals surface area (Å²) in [6.07, 6.45) is 3.62. The van der Waals surface area contributed by atoms with Crippen LogP contribution >= 0.6 is 0 Å². The van der Waals surface area contributed by atoms with Crippen molar-refractivity contribution in [1.29, 1.82) is 0 Å². The molecule has 4 nitrogen and oxygen atoms in total. The van der Waals surface area contributed by atoms with Gasteiger partial charge < -0.3 is 10.8 Å². The van der Waals surface area contributed by atoms with E-state index in [4.69, 9.17) is 10.7 Å². The molecule has 126 valence electrons. The van der Waals surface area contributed by atoms with Crippen molar-refractivity contribution in [2.75, 3.05) is 12.3 Å². The highest BCUT2D eigenvalue weighted by Crippen LogP contribution is 2.33. The van der Waals surface area contributed by atoms with Crippen molar-refractivity contribution in [2.45, 2.75) is 13.8 Å². The molecule has 0 spiro atoms. The van der Waals surface area contributed by atoms with Crippen molar-refractivity contribution in [3.63, 3.8) is 0 Å². The Kier molecular flexibility index (Phi) is 4.52. The standard InChI is InChI=1S/C21H20N2O2/c1-3-18-15(10-13(2)24)12-23-21(14-4-7-17(25)8-5-14)19-9-6-16(22)11-20(18)19/h3-11,25H,12,22H2,1-2H3/b15-10-,18-3+. The molecule has 0 radical (unpaired) electrons. The zero-order valence-corrected chi connectivity index (χ0v) is 14.3. The Hall–Kier alpha value is -3.14. The number of nitrogens with two attached hydrogens (primary N) is 1. The number of hydrogen-bond donors (Lipinski definition) is 2. The number of allylic oxidation sites excluding steroid dienone is 2. The van der Waals surface area contributed by atoms with E-state index in [0.717, 1.165) is 33.5 Å². The second-order valence-corrected chi connectivity index (χ2v) is 6.00. The third-order valence-electron chi connectivity index (χ3n) is 4.15. The molecule has 1 aliphatic rings. The molecule has 0 fully saturated rings. The Morgan fingerprint density at radius 3 is 2.52 bits per heavy atom. The van der Waals surface area contributed by atoms with Gasteiger partial charge >= 0.3 is 0 Å². The van der Waals surface area contributed by atoms with Crippen LogP contribution < -0.4 is 5.73 Å². The quantitative estimate of drug-likeness (QED) is 0.650. The van der Waals surface area contributed by atoms with Gasteiger partial charge in [0, 0.05) is 16.8 Å². The molecular formula is C21H20N2O2. The monoisotopic (exact) mass is 332 g/mol. The highest BCUT2D eigenvalue weighted by Gasteiger charge is 2.21. The lowest BCUT2D eigenvalue weighted by molar-refractivity contribution is -0.112. The number of benzene rings is 2. The third-order valence-corrected chi connectivity index (χ3v) is 4.15. The first-order valence-electron chi connectivity index (χ1n) is 8.11. The molecule has 3 rings (SSSR count). The van der Waals surface area contributed by atoms with Gasteiger partial charge in [-0.1, -0.05) is 12.1 Å². The predicted octanol–water partition coefficient (Wildman–Crippen LogP) is 3.74. The number of anilines is 1. The number of nitrogen functional groups attached to an aromatic ring is 1. The topological polar surface area (TPSA) is 75.7 Å². The van der Waals surface area contributed by atoms with Crippen molar-refractivity contribution in [1.82, 2.24) is 0 Å². The number of nitrogens with zero attached hydrogens (tertiary/aromatic N) is 1. The Morgan fingerprint density at radius 2 is 1.88 bits per heavy atom. The average molecular weight is 332 g/mol. The Balaban J connectivity index is 2.26. The van der Waals surface area contributed by atoms with Crippen LogP contribution in [-0.2, 0) is 4.79 Å². The molecule has 1 aliphatic heterocycles. The number of fused-ring (bicyclic) bond motifs is 1. The fraction of sp³-hybridized carbons (Fsp3) is 0.143. The van der Waals surface area contributed by atoms with Crippen LogP contribution in [0.5, 0.6) is 5.75 Å². The molecule has 0 bridgehead atoms. The van der Waals surface area contributed by atoms with Crippen LogP contribution in [0.3, 0.4) is 0 Å². The average Bonchev–Trinajstić information content (AvgIpc) is 2.71.